The van der Waals surface area contributed by atoms with E-state index in [2.05, 4.69) is 0 Å². The lowest BCUT2D eigenvalue weighted by atomic mass is 10.2. The molecule has 60 valence electrons. The van der Waals surface area contributed by atoms with Crippen molar-refractivity contribution in [2.24, 2.45) is 0 Å². The van der Waals surface area contributed by atoms with Crippen molar-refractivity contribution >= 4 is 9.03 Å². The van der Waals surface area contributed by atoms with Gasteiger partial charge in [-0.15, -0.1) is 0 Å². The Morgan fingerprint density at radius 1 is 1.27 bits per heavy atom. The molecule has 2 nitrogen and oxygen atoms in total. The van der Waals surface area contributed by atoms with Crippen molar-refractivity contribution in [1.82, 2.24) is 0 Å². The van der Waals surface area contributed by atoms with Crippen LogP contribution in [-0.2, 0) is 4.52 Å². The van der Waals surface area contributed by atoms with Crippen molar-refractivity contribution in [1.29, 1.82) is 0 Å². The van der Waals surface area contributed by atoms with Gasteiger partial charge in [-0.05, 0) is 18.6 Å². The third-order valence-electron chi connectivity index (χ3n) is 1.33. The van der Waals surface area contributed by atoms with Crippen LogP contribution in [0, 0.1) is 6.92 Å². The van der Waals surface area contributed by atoms with Crippen LogP contribution < -0.4 is 4.52 Å². The number of benzene rings is 1. The first-order valence-electron chi connectivity index (χ1n) is 3.35. The summed E-state index contributed by atoms with van der Waals surface area (Å²) < 4.78 is 10.1. The van der Waals surface area contributed by atoms with E-state index in [9.17, 15) is 0 Å². The first-order valence-corrected chi connectivity index (χ1v) is 4.16. The molecule has 0 bridgehead atoms. The van der Waals surface area contributed by atoms with Crippen molar-refractivity contribution < 1.29 is 9.05 Å². The van der Waals surface area contributed by atoms with Gasteiger partial charge >= 0.3 is 0 Å². The predicted octanol–water partition coefficient (Wildman–Crippen LogP) is 2.53. The van der Waals surface area contributed by atoms with E-state index in [1.54, 1.807) is 7.11 Å². The summed E-state index contributed by atoms with van der Waals surface area (Å²) in [7, 11) is 1.71. The normalized spacial score (nSPS) is 10.7. The fourth-order valence-electron chi connectivity index (χ4n) is 0.757. The van der Waals surface area contributed by atoms with Crippen LogP contribution in [0.3, 0.4) is 0 Å². The van der Waals surface area contributed by atoms with Crippen LogP contribution in [0.1, 0.15) is 5.56 Å². The van der Waals surface area contributed by atoms with Crippen LogP contribution in [0.15, 0.2) is 24.3 Å². The predicted molar refractivity (Wildman–Crippen MR) is 47.1 cm³/mol. The van der Waals surface area contributed by atoms with Crippen molar-refractivity contribution in [3.63, 3.8) is 0 Å². The summed E-state index contributed by atoms with van der Waals surface area (Å²) in [5, 5.41) is 0. The quantitative estimate of drug-likeness (QED) is 0.649. The van der Waals surface area contributed by atoms with Gasteiger partial charge in [0.05, 0.1) is 0 Å². The molecule has 1 aromatic rings. The van der Waals surface area contributed by atoms with Crippen LogP contribution >= 0.6 is 9.03 Å². The van der Waals surface area contributed by atoms with Crippen LogP contribution in [0.4, 0.5) is 0 Å². The third kappa shape index (κ3) is 2.49. The Labute approximate surface area is 68.5 Å². The minimum absolute atomic E-state index is 0.0887. The SMILES string of the molecule is COPOc1ccccc1C. The number of rotatable bonds is 3. The van der Waals surface area contributed by atoms with Gasteiger partial charge in [-0.1, -0.05) is 18.2 Å². The first kappa shape index (κ1) is 8.51. The lowest BCUT2D eigenvalue weighted by molar-refractivity contribution is 0.416. The van der Waals surface area contributed by atoms with Crippen LogP contribution in [0.25, 0.3) is 0 Å². The van der Waals surface area contributed by atoms with Crippen LogP contribution in [0.5, 0.6) is 5.75 Å². The fraction of sp³-hybridized carbons (Fsp3) is 0.250. The van der Waals surface area contributed by atoms with E-state index in [0.29, 0.717) is 0 Å². The van der Waals surface area contributed by atoms with Crippen LogP contribution in [0.2, 0.25) is 0 Å². The summed E-state index contributed by atoms with van der Waals surface area (Å²) in [6.45, 7) is 2.01. The van der Waals surface area contributed by atoms with Gasteiger partial charge in [0.15, 0.2) is 0 Å². The number of hydrogen-bond acceptors (Lipinski definition) is 2. The second kappa shape index (κ2) is 4.32. The van der Waals surface area contributed by atoms with E-state index in [-0.39, 0.29) is 9.03 Å². The van der Waals surface area contributed by atoms with Crippen LogP contribution in [-0.4, -0.2) is 7.11 Å². The molecule has 0 amide bonds. The molecule has 0 aliphatic heterocycles. The van der Waals surface area contributed by atoms with Gasteiger partial charge in [0.1, 0.15) is 5.75 Å². The molecule has 3 heteroatoms. The topological polar surface area (TPSA) is 18.5 Å². The molecule has 0 saturated carbocycles. The summed E-state index contributed by atoms with van der Waals surface area (Å²) in [6.07, 6.45) is 0. The van der Waals surface area contributed by atoms with E-state index in [0.717, 1.165) is 11.3 Å². The minimum Gasteiger partial charge on any atom is -0.449 e. The maximum Gasteiger partial charge on any atom is 0.215 e. The fourth-order valence-corrected chi connectivity index (χ4v) is 1.16. The van der Waals surface area contributed by atoms with E-state index in [1.165, 1.54) is 0 Å². The van der Waals surface area contributed by atoms with Crippen molar-refractivity contribution in [2.75, 3.05) is 7.11 Å². The van der Waals surface area contributed by atoms with Crippen molar-refractivity contribution in [3.8, 4) is 5.75 Å². The molecule has 0 heterocycles. The standard InChI is InChI=1S/C8H11O2P/c1-7-5-3-4-6-8(7)10-11-9-2/h3-6,11H,1-2H3. The number of para-hydroxylation sites is 1. The molecule has 0 fully saturated rings. The number of aryl methyl sites for hydroxylation is 1. The third-order valence-corrected chi connectivity index (χ3v) is 1.80. The second-order valence-corrected chi connectivity index (χ2v) is 2.93. The van der Waals surface area contributed by atoms with Crippen molar-refractivity contribution in [3.05, 3.63) is 29.8 Å². The molecule has 11 heavy (non-hydrogen) atoms. The zero-order valence-corrected chi connectivity index (χ0v) is 7.63. The molecular formula is C8H11O2P. The zero-order chi connectivity index (χ0) is 8.10. The summed E-state index contributed by atoms with van der Waals surface area (Å²) in [5.74, 6) is 0.896. The average molecular weight is 170 g/mol. The molecule has 1 unspecified atom stereocenters. The maximum atomic E-state index is 5.29. The summed E-state index contributed by atoms with van der Waals surface area (Å²) in [5.41, 5.74) is 1.14. The second-order valence-electron chi connectivity index (χ2n) is 2.16. The average Bonchev–Trinajstić information content (AvgIpc) is 2.03. The molecule has 0 radical (unpaired) electrons. The highest BCUT2D eigenvalue weighted by Crippen LogP contribution is 2.23. The highest BCUT2D eigenvalue weighted by Gasteiger charge is 1.95. The maximum absolute atomic E-state index is 5.29. The van der Waals surface area contributed by atoms with Gasteiger partial charge in [-0.2, -0.15) is 0 Å². The van der Waals surface area contributed by atoms with E-state index in [1.807, 2.05) is 31.2 Å². The highest BCUT2D eigenvalue weighted by atomic mass is 31.1. The minimum atomic E-state index is 0.0887. The van der Waals surface area contributed by atoms with Gasteiger partial charge in [-0.3, -0.25) is 0 Å². The summed E-state index contributed by atoms with van der Waals surface area (Å²) in [6, 6.07) is 7.87. The Hall–Kier alpha value is -0.590. The zero-order valence-electron chi connectivity index (χ0n) is 6.63. The molecule has 0 saturated heterocycles. The van der Waals surface area contributed by atoms with Gasteiger partial charge in [-0.25, -0.2) is 0 Å². The van der Waals surface area contributed by atoms with E-state index < -0.39 is 0 Å². The van der Waals surface area contributed by atoms with Gasteiger partial charge < -0.3 is 9.05 Å². The molecule has 1 aromatic carbocycles. The molecule has 1 rings (SSSR count). The Kier molecular flexibility index (Phi) is 3.34. The summed E-state index contributed by atoms with van der Waals surface area (Å²) >= 11 is 0. The molecular weight excluding hydrogens is 159 g/mol. The van der Waals surface area contributed by atoms with Gasteiger partial charge in [0.25, 0.3) is 0 Å². The largest absolute Gasteiger partial charge is 0.449 e. The number of hydrogen-bond donors (Lipinski definition) is 0. The van der Waals surface area contributed by atoms with E-state index >= 15 is 0 Å². The molecule has 0 spiro atoms. The van der Waals surface area contributed by atoms with E-state index in [4.69, 9.17) is 9.05 Å². The lowest BCUT2D eigenvalue weighted by Crippen LogP contribution is -1.82. The summed E-state index contributed by atoms with van der Waals surface area (Å²) in [4.78, 5) is 0. The Morgan fingerprint density at radius 2 is 2.00 bits per heavy atom. The van der Waals surface area contributed by atoms with Gasteiger partial charge in [0.2, 0.25) is 9.03 Å². The smallest absolute Gasteiger partial charge is 0.215 e. The Bertz CT molecular complexity index is 225. The molecule has 0 aliphatic rings. The van der Waals surface area contributed by atoms with Crippen molar-refractivity contribution in [2.45, 2.75) is 6.92 Å². The monoisotopic (exact) mass is 170 g/mol. The first-order chi connectivity index (χ1) is 5.34. The Morgan fingerprint density at radius 3 is 2.64 bits per heavy atom. The lowest BCUT2D eigenvalue weighted by Gasteiger charge is -2.05. The molecule has 0 aromatic heterocycles. The molecule has 0 aliphatic carbocycles. The Balaban J connectivity index is 2.62. The molecule has 0 N–H and O–H groups in total. The van der Waals surface area contributed by atoms with Gasteiger partial charge in [0, 0.05) is 7.11 Å². The molecule has 1 atom stereocenters. The highest BCUT2D eigenvalue weighted by molar-refractivity contribution is 7.26.